The molecule has 0 aromatic carbocycles. The lowest BCUT2D eigenvalue weighted by Gasteiger charge is -2.32. The largest absolute Gasteiger partial charge is 0.338 e. The Morgan fingerprint density at radius 2 is 2.21 bits per heavy atom. The number of hydrogen-bond donors (Lipinski definition) is 1. The first-order chi connectivity index (χ1) is 11.8. The highest BCUT2D eigenvalue weighted by molar-refractivity contribution is 5.93. The number of nitrogens with zero attached hydrogens (tertiary/aromatic N) is 5. The Bertz CT molecular complexity index is 648. The lowest BCUT2D eigenvalue weighted by Crippen LogP contribution is -2.45. The Labute approximate surface area is 142 Å². The van der Waals surface area contributed by atoms with E-state index < -0.39 is 0 Å². The molecule has 7 heteroatoms. The van der Waals surface area contributed by atoms with Crippen LogP contribution in [0.25, 0.3) is 0 Å². The van der Waals surface area contributed by atoms with E-state index in [1.165, 1.54) is 0 Å². The first kappa shape index (κ1) is 16.6. The van der Waals surface area contributed by atoms with Gasteiger partial charge in [-0.05, 0) is 31.4 Å². The summed E-state index contributed by atoms with van der Waals surface area (Å²) in [6, 6.07) is 4.03. The Balaban J connectivity index is 1.47. The predicted octanol–water partition coefficient (Wildman–Crippen LogP) is 1.48. The number of likely N-dealkylation sites (tertiary alicyclic amines) is 1. The summed E-state index contributed by atoms with van der Waals surface area (Å²) in [6.45, 7) is 5.36. The molecule has 0 spiro atoms. The van der Waals surface area contributed by atoms with E-state index in [2.05, 4.69) is 32.0 Å². The van der Waals surface area contributed by atoms with Crippen LogP contribution < -0.4 is 5.32 Å². The fraction of sp³-hybridized carbons (Fsp3) is 0.529. The van der Waals surface area contributed by atoms with Crippen LogP contribution in [0.4, 0.5) is 0 Å². The van der Waals surface area contributed by atoms with Crippen LogP contribution in [0.5, 0.6) is 0 Å². The molecule has 0 bridgehead atoms. The molecular weight excluding hydrogens is 304 g/mol. The lowest BCUT2D eigenvalue weighted by atomic mass is 10.0. The van der Waals surface area contributed by atoms with Crippen molar-refractivity contribution in [1.29, 1.82) is 0 Å². The Hall–Kier alpha value is -2.28. The Morgan fingerprint density at radius 3 is 2.92 bits per heavy atom. The minimum Gasteiger partial charge on any atom is -0.338 e. The molecule has 7 nitrogen and oxygen atoms in total. The molecule has 1 aliphatic heterocycles. The second-order valence-corrected chi connectivity index (χ2v) is 6.13. The monoisotopic (exact) mass is 328 g/mol. The average Bonchev–Trinajstić information content (AvgIpc) is 3.08. The van der Waals surface area contributed by atoms with Crippen LogP contribution in [0, 0.1) is 0 Å². The number of nitrogens with one attached hydrogen (secondary N) is 1. The second-order valence-electron chi connectivity index (χ2n) is 6.13. The molecule has 2 aromatic heterocycles. The van der Waals surface area contributed by atoms with Crippen LogP contribution in [0.1, 0.15) is 42.4 Å². The smallest absolute Gasteiger partial charge is 0.255 e. The van der Waals surface area contributed by atoms with Gasteiger partial charge in [0, 0.05) is 38.1 Å². The van der Waals surface area contributed by atoms with Gasteiger partial charge in [-0.3, -0.25) is 9.78 Å². The zero-order valence-corrected chi connectivity index (χ0v) is 14.1. The average molecular weight is 328 g/mol. The second kappa shape index (κ2) is 8.01. The molecule has 128 valence electrons. The van der Waals surface area contributed by atoms with Crippen LogP contribution in [0.15, 0.2) is 30.9 Å². The van der Waals surface area contributed by atoms with Crippen molar-refractivity contribution in [1.82, 2.24) is 30.0 Å². The number of aryl methyl sites for hydroxylation is 1. The van der Waals surface area contributed by atoms with Crippen molar-refractivity contribution in [3.63, 3.8) is 0 Å². The van der Waals surface area contributed by atoms with Gasteiger partial charge in [0.25, 0.3) is 5.91 Å². The van der Waals surface area contributed by atoms with Crippen LogP contribution in [-0.4, -0.2) is 49.7 Å². The summed E-state index contributed by atoms with van der Waals surface area (Å²) in [4.78, 5) is 18.3. The number of hydrogen-bond acceptors (Lipinski definition) is 5. The van der Waals surface area contributed by atoms with E-state index >= 15 is 0 Å². The van der Waals surface area contributed by atoms with Gasteiger partial charge < -0.3 is 14.8 Å². The van der Waals surface area contributed by atoms with Crippen LogP contribution in [0.2, 0.25) is 0 Å². The molecule has 0 radical (unpaired) electrons. The molecule has 0 unspecified atom stereocenters. The van der Waals surface area contributed by atoms with E-state index in [4.69, 9.17) is 0 Å². The van der Waals surface area contributed by atoms with Gasteiger partial charge in [-0.25, -0.2) is 0 Å². The quantitative estimate of drug-likeness (QED) is 0.869. The van der Waals surface area contributed by atoms with Crippen molar-refractivity contribution < 1.29 is 4.79 Å². The summed E-state index contributed by atoms with van der Waals surface area (Å²) in [5.74, 6) is 1.05. The molecule has 0 saturated carbocycles. The molecule has 1 saturated heterocycles. The molecule has 0 atom stereocenters. The van der Waals surface area contributed by atoms with E-state index in [1.807, 2.05) is 11.0 Å². The normalized spacial score (nSPS) is 15.6. The van der Waals surface area contributed by atoms with Gasteiger partial charge in [0.15, 0.2) is 0 Å². The Morgan fingerprint density at radius 1 is 1.38 bits per heavy atom. The van der Waals surface area contributed by atoms with Gasteiger partial charge >= 0.3 is 0 Å². The summed E-state index contributed by atoms with van der Waals surface area (Å²) in [6.07, 6.45) is 8.08. The SMILES string of the molecule is CCCn1cnnc1CNC1CCN(C(=O)c2cccnc2)CC1. The predicted molar refractivity (Wildman–Crippen MR) is 90.3 cm³/mol. The number of amides is 1. The standard InChI is InChI=1S/C17H24N6O/c1-2-8-23-13-20-21-16(23)12-19-15-5-9-22(10-6-15)17(24)14-4-3-7-18-11-14/h3-4,7,11,13,15,19H,2,5-6,8-10,12H2,1H3. The highest BCUT2D eigenvalue weighted by Crippen LogP contribution is 2.14. The third-order valence-corrected chi connectivity index (χ3v) is 4.40. The van der Waals surface area contributed by atoms with Gasteiger partial charge in [0.05, 0.1) is 12.1 Å². The molecule has 24 heavy (non-hydrogen) atoms. The first-order valence-electron chi connectivity index (χ1n) is 8.57. The summed E-state index contributed by atoms with van der Waals surface area (Å²) in [5, 5.41) is 11.7. The summed E-state index contributed by atoms with van der Waals surface area (Å²) in [7, 11) is 0. The van der Waals surface area contributed by atoms with E-state index in [9.17, 15) is 4.79 Å². The highest BCUT2D eigenvalue weighted by atomic mass is 16.2. The zero-order chi connectivity index (χ0) is 16.8. The van der Waals surface area contributed by atoms with Gasteiger partial charge in [-0.2, -0.15) is 0 Å². The number of rotatable bonds is 6. The Kier molecular flexibility index (Phi) is 5.53. The maximum Gasteiger partial charge on any atom is 0.255 e. The molecule has 0 aliphatic carbocycles. The molecule has 3 heterocycles. The van der Waals surface area contributed by atoms with Gasteiger partial charge in [-0.1, -0.05) is 6.92 Å². The molecular formula is C17H24N6O. The van der Waals surface area contributed by atoms with Crippen molar-refractivity contribution in [3.05, 3.63) is 42.2 Å². The maximum atomic E-state index is 12.4. The topological polar surface area (TPSA) is 75.9 Å². The summed E-state index contributed by atoms with van der Waals surface area (Å²) < 4.78 is 2.09. The van der Waals surface area contributed by atoms with E-state index in [0.717, 1.165) is 51.3 Å². The molecule has 1 N–H and O–H groups in total. The molecule has 1 amide bonds. The van der Waals surface area contributed by atoms with Crippen molar-refractivity contribution >= 4 is 5.91 Å². The highest BCUT2D eigenvalue weighted by Gasteiger charge is 2.23. The van der Waals surface area contributed by atoms with Gasteiger partial charge in [0.1, 0.15) is 12.2 Å². The number of pyridine rings is 1. The van der Waals surface area contributed by atoms with Crippen molar-refractivity contribution in [2.24, 2.45) is 0 Å². The van der Waals surface area contributed by atoms with Gasteiger partial charge in [-0.15, -0.1) is 10.2 Å². The minimum absolute atomic E-state index is 0.0734. The van der Waals surface area contributed by atoms with Gasteiger partial charge in [0.2, 0.25) is 0 Å². The molecule has 1 aliphatic rings. The lowest BCUT2D eigenvalue weighted by molar-refractivity contribution is 0.0704. The number of carbonyl (C=O) groups is 1. The number of carbonyl (C=O) groups excluding carboxylic acids is 1. The molecule has 2 aromatic rings. The van der Waals surface area contributed by atoms with Crippen LogP contribution in [-0.2, 0) is 13.1 Å². The van der Waals surface area contributed by atoms with E-state index in [1.54, 1.807) is 24.8 Å². The van der Waals surface area contributed by atoms with Crippen molar-refractivity contribution in [2.75, 3.05) is 13.1 Å². The number of piperidine rings is 1. The summed E-state index contributed by atoms with van der Waals surface area (Å²) in [5.41, 5.74) is 0.663. The molecule has 3 rings (SSSR count). The fourth-order valence-electron chi connectivity index (χ4n) is 3.04. The third kappa shape index (κ3) is 3.97. The van der Waals surface area contributed by atoms with Crippen LogP contribution in [0.3, 0.4) is 0 Å². The van der Waals surface area contributed by atoms with Crippen LogP contribution >= 0.6 is 0 Å². The maximum absolute atomic E-state index is 12.4. The van der Waals surface area contributed by atoms with E-state index in [0.29, 0.717) is 11.6 Å². The minimum atomic E-state index is 0.0734. The zero-order valence-electron chi connectivity index (χ0n) is 14.1. The number of aromatic nitrogens is 4. The summed E-state index contributed by atoms with van der Waals surface area (Å²) >= 11 is 0. The third-order valence-electron chi connectivity index (χ3n) is 4.40. The van der Waals surface area contributed by atoms with E-state index in [-0.39, 0.29) is 5.91 Å². The molecule has 1 fully saturated rings. The van der Waals surface area contributed by atoms with Crippen molar-refractivity contribution in [3.8, 4) is 0 Å². The fourth-order valence-corrected chi connectivity index (χ4v) is 3.04. The first-order valence-corrected chi connectivity index (χ1v) is 8.57. The van der Waals surface area contributed by atoms with Crippen molar-refractivity contribution in [2.45, 2.75) is 45.3 Å².